The molecule has 15 heavy (non-hydrogen) atoms. The van der Waals surface area contributed by atoms with Crippen LogP contribution in [0.1, 0.15) is 12.0 Å². The lowest BCUT2D eigenvalue weighted by Crippen LogP contribution is -2.32. The first-order valence-corrected chi connectivity index (χ1v) is 4.69. The Bertz CT molecular complexity index is 387. The van der Waals surface area contributed by atoms with Gasteiger partial charge in [0.2, 0.25) is 0 Å². The zero-order chi connectivity index (χ0) is 10.7. The van der Waals surface area contributed by atoms with Crippen molar-refractivity contribution in [1.82, 2.24) is 10.6 Å². The van der Waals surface area contributed by atoms with Crippen molar-refractivity contribution < 1.29 is 9.63 Å². The summed E-state index contributed by atoms with van der Waals surface area (Å²) in [5, 5.41) is 1.13. The molecule has 0 radical (unpaired) electrons. The van der Waals surface area contributed by atoms with Gasteiger partial charge in [0.05, 0.1) is 13.5 Å². The first-order valence-electron chi connectivity index (χ1n) is 4.69. The van der Waals surface area contributed by atoms with E-state index in [1.165, 1.54) is 7.11 Å². The second kappa shape index (κ2) is 4.14. The summed E-state index contributed by atoms with van der Waals surface area (Å²) >= 11 is 0. The number of nitrogens with one attached hydrogen (secondary N) is 1. The zero-order valence-corrected chi connectivity index (χ0v) is 8.43. The van der Waals surface area contributed by atoms with Gasteiger partial charge in [0, 0.05) is 5.70 Å². The SMILES string of the molecule is CON1NC(=Cc2ccccc2)CC1=O. The molecule has 1 heterocycles. The van der Waals surface area contributed by atoms with E-state index in [0.717, 1.165) is 16.4 Å². The van der Waals surface area contributed by atoms with Crippen molar-refractivity contribution in [1.29, 1.82) is 0 Å². The molecule has 2 rings (SSSR count). The molecular formula is C11H12N2O2. The third-order valence-corrected chi connectivity index (χ3v) is 2.14. The normalized spacial score (nSPS) is 18.3. The van der Waals surface area contributed by atoms with Gasteiger partial charge in [0.25, 0.3) is 5.91 Å². The van der Waals surface area contributed by atoms with Crippen molar-refractivity contribution >= 4 is 12.0 Å². The van der Waals surface area contributed by atoms with Gasteiger partial charge in [-0.1, -0.05) is 30.3 Å². The molecule has 1 N–H and O–H groups in total. The second-order valence-corrected chi connectivity index (χ2v) is 3.24. The Kier molecular flexibility index (Phi) is 2.69. The van der Waals surface area contributed by atoms with Crippen LogP contribution in [0.2, 0.25) is 0 Å². The minimum atomic E-state index is -0.0836. The summed E-state index contributed by atoms with van der Waals surface area (Å²) in [7, 11) is 1.45. The smallest absolute Gasteiger partial charge is 0.272 e. The van der Waals surface area contributed by atoms with E-state index in [2.05, 4.69) is 5.43 Å². The van der Waals surface area contributed by atoms with E-state index < -0.39 is 0 Å². The fourth-order valence-electron chi connectivity index (χ4n) is 1.45. The molecule has 0 aliphatic carbocycles. The highest BCUT2D eigenvalue weighted by molar-refractivity contribution is 5.81. The maximum Gasteiger partial charge on any atom is 0.272 e. The minimum Gasteiger partial charge on any atom is -0.275 e. The third kappa shape index (κ3) is 2.16. The summed E-state index contributed by atoms with van der Waals surface area (Å²) < 4.78 is 0. The molecular weight excluding hydrogens is 192 g/mol. The minimum absolute atomic E-state index is 0.0836. The van der Waals surface area contributed by atoms with Crippen molar-refractivity contribution in [2.24, 2.45) is 0 Å². The molecule has 1 aromatic carbocycles. The van der Waals surface area contributed by atoms with Crippen LogP contribution in [0.3, 0.4) is 0 Å². The van der Waals surface area contributed by atoms with Gasteiger partial charge in [-0.3, -0.25) is 15.1 Å². The zero-order valence-electron chi connectivity index (χ0n) is 8.43. The van der Waals surface area contributed by atoms with Crippen molar-refractivity contribution in [3.8, 4) is 0 Å². The molecule has 4 nitrogen and oxygen atoms in total. The van der Waals surface area contributed by atoms with Crippen LogP contribution in [-0.2, 0) is 9.63 Å². The van der Waals surface area contributed by atoms with Gasteiger partial charge in [-0.05, 0) is 11.6 Å². The highest BCUT2D eigenvalue weighted by Gasteiger charge is 2.23. The first kappa shape index (κ1) is 9.73. The summed E-state index contributed by atoms with van der Waals surface area (Å²) in [6.45, 7) is 0. The summed E-state index contributed by atoms with van der Waals surface area (Å²) in [6, 6.07) is 9.83. The van der Waals surface area contributed by atoms with E-state index in [0.29, 0.717) is 6.42 Å². The predicted octanol–water partition coefficient (Wildman–Crippen LogP) is 1.33. The van der Waals surface area contributed by atoms with E-state index in [4.69, 9.17) is 4.84 Å². The maximum absolute atomic E-state index is 11.3. The molecule has 78 valence electrons. The molecule has 0 bridgehead atoms. The van der Waals surface area contributed by atoms with E-state index >= 15 is 0 Å². The van der Waals surface area contributed by atoms with Gasteiger partial charge in [-0.15, -0.1) is 5.17 Å². The number of hydrogen-bond donors (Lipinski definition) is 1. The Morgan fingerprint density at radius 2 is 2.13 bits per heavy atom. The molecule has 0 saturated carbocycles. The number of carbonyl (C=O) groups is 1. The Morgan fingerprint density at radius 1 is 1.40 bits per heavy atom. The molecule has 0 aromatic heterocycles. The molecule has 1 aliphatic heterocycles. The van der Waals surface area contributed by atoms with Gasteiger partial charge < -0.3 is 0 Å². The quantitative estimate of drug-likeness (QED) is 0.790. The van der Waals surface area contributed by atoms with Crippen molar-refractivity contribution in [3.63, 3.8) is 0 Å². The highest BCUT2D eigenvalue weighted by Crippen LogP contribution is 2.14. The predicted molar refractivity (Wildman–Crippen MR) is 56.0 cm³/mol. The number of rotatable bonds is 2. The number of nitrogens with zero attached hydrogens (tertiary/aromatic N) is 1. The molecule has 0 atom stereocenters. The Morgan fingerprint density at radius 3 is 2.73 bits per heavy atom. The lowest BCUT2D eigenvalue weighted by molar-refractivity contribution is -0.180. The highest BCUT2D eigenvalue weighted by atomic mass is 16.7. The standard InChI is InChI=1S/C11H12N2O2/c1-15-13-11(14)8-10(12-13)7-9-5-3-2-4-6-9/h2-7,12H,8H2,1H3. The van der Waals surface area contributed by atoms with Crippen molar-refractivity contribution in [2.45, 2.75) is 6.42 Å². The van der Waals surface area contributed by atoms with Crippen LogP contribution in [0, 0.1) is 0 Å². The molecule has 0 unspecified atom stereocenters. The number of hydrazine groups is 1. The number of hydroxylamine groups is 1. The van der Waals surface area contributed by atoms with Gasteiger partial charge in [-0.25, -0.2) is 0 Å². The fraction of sp³-hybridized carbons (Fsp3) is 0.182. The molecule has 1 aliphatic rings. The Labute approximate surface area is 88.1 Å². The van der Waals surface area contributed by atoms with E-state index in [1.807, 2.05) is 36.4 Å². The third-order valence-electron chi connectivity index (χ3n) is 2.14. The number of benzene rings is 1. The van der Waals surface area contributed by atoms with Gasteiger partial charge in [0.1, 0.15) is 0 Å². The molecule has 1 amide bonds. The lowest BCUT2D eigenvalue weighted by atomic mass is 10.2. The lowest BCUT2D eigenvalue weighted by Gasteiger charge is -2.11. The molecule has 4 heteroatoms. The summed E-state index contributed by atoms with van der Waals surface area (Å²) in [4.78, 5) is 16.1. The summed E-state index contributed by atoms with van der Waals surface area (Å²) in [5.41, 5.74) is 4.76. The van der Waals surface area contributed by atoms with Crippen LogP contribution >= 0.6 is 0 Å². The van der Waals surface area contributed by atoms with Crippen LogP contribution in [0.4, 0.5) is 0 Å². The van der Waals surface area contributed by atoms with Crippen LogP contribution in [-0.4, -0.2) is 18.2 Å². The Hall–Kier alpha value is -1.81. The van der Waals surface area contributed by atoms with Crippen molar-refractivity contribution in [3.05, 3.63) is 41.6 Å². The largest absolute Gasteiger partial charge is 0.275 e. The fourth-order valence-corrected chi connectivity index (χ4v) is 1.45. The topological polar surface area (TPSA) is 41.6 Å². The van der Waals surface area contributed by atoms with E-state index in [-0.39, 0.29) is 5.91 Å². The molecule has 1 aromatic rings. The average Bonchev–Trinajstić information content (AvgIpc) is 2.60. The number of hydrogen-bond acceptors (Lipinski definition) is 3. The first-order chi connectivity index (χ1) is 7.29. The summed E-state index contributed by atoms with van der Waals surface area (Å²) in [5.74, 6) is -0.0836. The monoisotopic (exact) mass is 204 g/mol. The number of amides is 1. The van der Waals surface area contributed by atoms with E-state index in [1.54, 1.807) is 0 Å². The second-order valence-electron chi connectivity index (χ2n) is 3.24. The van der Waals surface area contributed by atoms with Crippen LogP contribution in [0.5, 0.6) is 0 Å². The Balaban J connectivity index is 2.14. The van der Waals surface area contributed by atoms with E-state index in [9.17, 15) is 4.79 Å². The van der Waals surface area contributed by atoms with Crippen LogP contribution in [0.15, 0.2) is 36.0 Å². The maximum atomic E-state index is 11.3. The molecule has 0 spiro atoms. The average molecular weight is 204 g/mol. The van der Waals surface area contributed by atoms with Gasteiger partial charge >= 0.3 is 0 Å². The van der Waals surface area contributed by atoms with Crippen LogP contribution < -0.4 is 5.43 Å². The molecule has 1 fully saturated rings. The van der Waals surface area contributed by atoms with Gasteiger partial charge in [0.15, 0.2) is 0 Å². The molecule has 1 saturated heterocycles. The van der Waals surface area contributed by atoms with Gasteiger partial charge in [-0.2, -0.15) is 0 Å². The summed E-state index contributed by atoms with van der Waals surface area (Å²) in [6.07, 6.45) is 2.28. The van der Waals surface area contributed by atoms with Crippen molar-refractivity contribution in [2.75, 3.05) is 7.11 Å². The van der Waals surface area contributed by atoms with Crippen LogP contribution in [0.25, 0.3) is 6.08 Å². The number of carbonyl (C=O) groups excluding carboxylic acids is 1.